The number of unbranched alkanes of at least 4 members (excludes halogenated alkanes) is 19. The molecule has 0 heterocycles. The van der Waals surface area contributed by atoms with E-state index in [9.17, 15) is 0 Å². The van der Waals surface area contributed by atoms with Crippen molar-refractivity contribution in [2.45, 2.75) is 147 Å². The van der Waals surface area contributed by atoms with Gasteiger partial charge < -0.3 is 15.9 Å². The molecule has 0 fully saturated rings. The summed E-state index contributed by atoms with van der Waals surface area (Å²) < 4.78 is 0. The first-order valence-corrected chi connectivity index (χ1v) is 12.7. The first-order valence-electron chi connectivity index (χ1n) is 12.7. The highest BCUT2D eigenvalue weighted by Crippen LogP contribution is 2.16. The second kappa shape index (κ2) is 24.4. The molecule has 0 aliphatic heterocycles. The SMILES string of the molecule is CCCCCCCCCCCCCCCCCCCCCCC(N)(CO)CO.Cl. The molecule has 0 amide bonds. The minimum Gasteiger partial charge on any atom is -0.394 e. The van der Waals surface area contributed by atoms with Crippen LogP contribution < -0.4 is 5.73 Å². The Morgan fingerprint density at radius 2 is 0.724 bits per heavy atom. The van der Waals surface area contributed by atoms with Crippen molar-refractivity contribution in [3.8, 4) is 0 Å². The van der Waals surface area contributed by atoms with E-state index in [1.807, 2.05) is 0 Å². The van der Waals surface area contributed by atoms with E-state index in [-0.39, 0.29) is 25.6 Å². The monoisotopic (exact) mass is 435 g/mol. The van der Waals surface area contributed by atoms with Crippen molar-refractivity contribution in [1.29, 1.82) is 0 Å². The second-order valence-corrected chi connectivity index (χ2v) is 9.15. The van der Waals surface area contributed by atoms with Gasteiger partial charge in [-0.1, -0.05) is 135 Å². The molecular weight excluding hydrogens is 382 g/mol. The molecule has 0 aliphatic rings. The highest BCUT2D eigenvalue weighted by molar-refractivity contribution is 5.85. The third-order valence-corrected chi connectivity index (χ3v) is 6.16. The molecule has 29 heavy (non-hydrogen) atoms. The lowest BCUT2D eigenvalue weighted by Crippen LogP contribution is -2.47. The molecule has 0 aliphatic carbocycles. The molecule has 4 N–H and O–H groups in total. The molecule has 0 spiro atoms. The van der Waals surface area contributed by atoms with Crippen LogP contribution in [0.1, 0.15) is 142 Å². The fourth-order valence-corrected chi connectivity index (χ4v) is 3.94. The standard InChI is InChI=1S/C25H53NO2.ClH/c1-2-3-4-5-6-7-8-9-10-11-12-13-14-15-16-17-18-19-20-21-22-25(26,23-27)24-28;/h27-28H,2-24,26H2,1H3;1H. The molecule has 0 bridgehead atoms. The second-order valence-electron chi connectivity index (χ2n) is 9.15. The normalized spacial score (nSPS) is 11.6. The van der Waals surface area contributed by atoms with E-state index < -0.39 is 5.54 Å². The molecule has 0 atom stereocenters. The zero-order chi connectivity index (χ0) is 20.8. The Labute approximate surface area is 189 Å². The summed E-state index contributed by atoms with van der Waals surface area (Å²) >= 11 is 0. The largest absolute Gasteiger partial charge is 0.394 e. The van der Waals surface area contributed by atoms with E-state index in [2.05, 4.69) is 6.92 Å². The average molecular weight is 436 g/mol. The topological polar surface area (TPSA) is 66.5 Å². The van der Waals surface area contributed by atoms with Crippen molar-refractivity contribution in [2.75, 3.05) is 13.2 Å². The number of rotatable bonds is 23. The summed E-state index contributed by atoms with van der Waals surface area (Å²) in [5.41, 5.74) is 5.11. The van der Waals surface area contributed by atoms with Gasteiger partial charge in [-0.15, -0.1) is 12.4 Å². The molecule has 0 aromatic heterocycles. The summed E-state index contributed by atoms with van der Waals surface area (Å²) in [5, 5.41) is 18.3. The molecule has 4 heteroatoms. The Hall–Kier alpha value is 0.170. The van der Waals surface area contributed by atoms with Gasteiger partial charge in [0.2, 0.25) is 0 Å². The zero-order valence-electron chi connectivity index (χ0n) is 19.6. The molecule has 0 aromatic rings. The van der Waals surface area contributed by atoms with Crippen LogP contribution in [-0.2, 0) is 0 Å². The predicted molar refractivity (Wildman–Crippen MR) is 131 cm³/mol. The molecule has 0 rings (SSSR count). The Morgan fingerprint density at radius 3 is 0.966 bits per heavy atom. The molecule has 0 saturated heterocycles. The van der Waals surface area contributed by atoms with Crippen molar-refractivity contribution in [3.63, 3.8) is 0 Å². The molecule has 0 aromatic carbocycles. The summed E-state index contributed by atoms with van der Waals surface area (Å²) in [6, 6.07) is 0. The minimum atomic E-state index is -0.770. The van der Waals surface area contributed by atoms with Gasteiger partial charge in [-0.2, -0.15) is 0 Å². The summed E-state index contributed by atoms with van der Waals surface area (Å²) in [4.78, 5) is 0. The average Bonchev–Trinajstić information content (AvgIpc) is 2.72. The van der Waals surface area contributed by atoms with Crippen LogP contribution in [0.4, 0.5) is 0 Å². The Balaban J connectivity index is 0. The molecule has 0 unspecified atom stereocenters. The molecule has 178 valence electrons. The van der Waals surface area contributed by atoms with E-state index >= 15 is 0 Å². The maximum atomic E-state index is 9.16. The van der Waals surface area contributed by atoms with Crippen LogP contribution in [0.3, 0.4) is 0 Å². The summed E-state index contributed by atoms with van der Waals surface area (Å²) in [7, 11) is 0. The van der Waals surface area contributed by atoms with Gasteiger partial charge in [-0.3, -0.25) is 0 Å². The van der Waals surface area contributed by atoms with Crippen LogP contribution in [0, 0.1) is 0 Å². The maximum absolute atomic E-state index is 9.16. The van der Waals surface area contributed by atoms with Crippen molar-refractivity contribution in [2.24, 2.45) is 5.73 Å². The number of hydrogen-bond donors (Lipinski definition) is 3. The third kappa shape index (κ3) is 22.7. The highest BCUT2D eigenvalue weighted by Gasteiger charge is 2.21. The van der Waals surface area contributed by atoms with Crippen molar-refractivity contribution < 1.29 is 10.2 Å². The van der Waals surface area contributed by atoms with Gasteiger partial charge in [0.25, 0.3) is 0 Å². The number of nitrogens with two attached hydrogens (primary N) is 1. The van der Waals surface area contributed by atoms with Crippen LogP contribution in [0.2, 0.25) is 0 Å². The summed E-state index contributed by atoms with van der Waals surface area (Å²) in [6.07, 6.45) is 28.3. The molecule has 0 saturated carbocycles. The van der Waals surface area contributed by atoms with Gasteiger partial charge >= 0.3 is 0 Å². The van der Waals surface area contributed by atoms with E-state index in [1.165, 1.54) is 116 Å². The smallest absolute Gasteiger partial charge is 0.0633 e. The van der Waals surface area contributed by atoms with Gasteiger partial charge in [0.15, 0.2) is 0 Å². The van der Waals surface area contributed by atoms with Crippen LogP contribution in [0.15, 0.2) is 0 Å². The van der Waals surface area contributed by atoms with E-state index in [4.69, 9.17) is 15.9 Å². The minimum absolute atomic E-state index is 0. The number of aliphatic hydroxyl groups excluding tert-OH is 2. The lowest BCUT2D eigenvalue weighted by Gasteiger charge is -2.24. The predicted octanol–water partition coefficient (Wildman–Crippen LogP) is 7.30. The highest BCUT2D eigenvalue weighted by atomic mass is 35.5. The molecule has 0 radical (unpaired) electrons. The quantitative estimate of drug-likeness (QED) is 0.147. The van der Waals surface area contributed by atoms with Gasteiger partial charge in [0.1, 0.15) is 0 Å². The van der Waals surface area contributed by atoms with E-state index in [0.29, 0.717) is 0 Å². The number of hydrogen-bond acceptors (Lipinski definition) is 3. The fraction of sp³-hybridized carbons (Fsp3) is 1.00. The van der Waals surface area contributed by atoms with Crippen LogP contribution >= 0.6 is 12.4 Å². The summed E-state index contributed by atoms with van der Waals surface area (Å²) in [5.74, 6) is 0. The lowest BCUT2D eigenvalue weighted by molar-refractivity contribution is 0.112. The first-order chi connectivity index (χ1) is 13.7. The van der Waals surface area contributed by atoms with Crippen molar-refractivity contribution in [1.82, 2.24) is 0 Å². The first kappa shape index (κ1) is 31.4. The van der Waals surface area contributed by atoms with Gasteiger partial charge in [-0.05, 0) is 6.42 Å². The fourth-order valence-electron chi connectivity index (χ4n) is 3.94. The van der Waals surface area contributed by atoms with E-state index in [1.54, 1.807) is 0 Å². The molecular formula is C25H54ClNO2. The van der Waals surface area contributed by atoms with Crippen molar-refractivity contribution >= 4 is 12.4 Å². The van der Waals surface area contributed by atoms with Gasteiger partial charge in [0.05, 0.1) is 18.8 Å². The van der Waals surface area contributed by atoms with Gasteiger partial charge in [0, 0.05) is 0 Å². The third-order valence-electron chi connectivity index (χ3n) is 6.16. The Kier molecular flexibility index (Phi) is 26.4. The van der Waals surface area contributed by atoms with Crippen molar-refractivity contribution in [3.05, 3.63) is 0 Å². The Morgan fingerprint density at radius 1 is 0.483 bits per heavy atom. The number of halogens is 1. The lowest BCUT2D eigenvalue weighted by atomic mass is 9.94. The molecule has 3 nitrogen and oxygen atoms in total. The Bertz CT molecular complexity index is 299. The van der Waals surface area contributed by atoms with Crippen LogP contribution in [-0.4, -0.2) is 29.0 Å². The maximum Gasteiger partial charge on any atom is 0.0633 e. The summed E-state index contributed by atoms with van der Waals surface area (Å²) in [6.45, 7) is 2.04. The van der Waals surface area contributed by atoms with Crippen LogP contribution in [0.25, 0.3) is 0 Å². The van der Waals surface area contributed by atoms with Gasteiger partial charge in [-0.25, -0.2) is 0 Å². The van der Waals surface area contributed by atoms with E-state index in [0.717, 1.165) is 19.3 Å². The number of aliphatic hydroxyl groups is 2. The zero-order valence-corrected chi connectivity index (χ0v) is 20.5. The van der Waals surface area contributed by atoms with Crippen LogP contribution in [0.5, 0.6) is 0 Å².